The van der Waals surface area contributed by atoms with Crippen LogP contribution in [0.4, 0.5) is 4.39 Å². The summed E-state index contributed by atoms with van der Waals surface area (Å²) < 4.78 is 20.5. The molecule has 3 N–H and O–H groups in total. The summed E-state index contributed by atoms with van der Waals surface area (Å²) in [6.07, 6.45) is 0. The fraction of sp³-hybridized carbons (Fsp3) is 0.100. The van der Waals surface area contributed by atoms with Crippen molar-refractivity contribution in [1.82, 2.24) is 9.97 Å². The second-order valence-electron chi connectivity index (χ2n) is 5.37. The van der Waals surface area contributed by atoms with E-state index in [4.69, 9.17) is 11.2 Å². The average Bonchev–Trinajstić information content (AvgIpc) is 2.68. The summed E-state index contributed by atoms with van der Waals surface area (Å²) >= 11 is 0. The van der Waals surface area contributed by atoms with E-state index in [2.05, 4.69) is 9.97 Å². The number of H-pyrrole nitrogens is 2. The third-order valence-electron chi connectivity index (χ3n) is 3.64. The Balaban J connectivity index is 0.000000176. The second-order valence-corrected chi connectivity index (χ2v) is 5.37. The van der Waals surface area contributed by atoms with Crippen LogP contribution in [-0.2, 0) is 0 Å². The zero-order valence-corrected chi connectivity index (χ0v) is 14.5. The standard InChI is InChI=1S/C10H9NO2.C9H7NO2.CH3F/c1-13-8-4-2-7-3-5-10(12)11-9(7)6-8;11-7-3-1-6-2-4-9(12)10-8(6)5-7;1-2/h2-6H,1H3,(H,11,12);1-5,11H,(H,10,12);1H3/i;;1D. The first-order valence-electron chi connectivity index (χ1n) is 8.52. The van der Waals surface area contributed by atoms with E-state index in [1.54, 1.807) is 37.4 Å². The molecule has 2 heterocycles. The highest BCUT2D eigenvalue weighted by molar-refractivity contribution is 5.80. The first-order chi connectivity index (χ1) is 13.5. The van der Waals surface area contributed by atoms with E-state index in [0.717, 1.165) is 22.0 Å². The summed E-state index contributed by atoms with van der Waals surface area (Å²) in [4.78, 5) is 27.2. The zero-order valence-electron chi connectivity index (χ0n) is 15.5. The van der Waals surface area contributed by atoms with Crippen molar-refractivity contribution in [3.63, 3.8) is 0 Å². The molecule has 0 fully saturated rings. The quantitative estimate of drug-likeness (QED) is 0.478. The van der Waals surface area contributed by atoms with E-state index in [-0.39, 0.29) is 16.9 Å². The number of fused-ring (bicyclic) bond motifs is 2. The molecule has 0 aliphatic rings. The Bertz CT molecular complexity index is 1170. The van der Waals surface area contributed by atoms with Crippen molar-refractivity contribution in [3.05, 3.63) is 81.4 Å². The summed E-state index contributed by atoms with van der Waals surface area (Å²) in [6, 6.07) is 16.9. The molecule has 27 heavy (non-hydrogen) atoms. The molecule has 140 valence electrons. The molecule has 2 aromatic carbocycles. The Kier molecular flexibility index (Phi) is 6.19. The number of pyridine rings is 2. The van der Waals surface area contributed by atoms with Gasteiger partial charge in [-0.1, -0.05) is 0 Å². The molecule has 0 aliphatic heterocycles. The largest absolute Gasteiger partial charge is 0.508 e. The fourth-order valence-electron chi connectivity index (χ4n) is 2.39. The normalized spacial score (nSPS) is 10.2. The molecular formula is C20H19FN2O4. The number of aromatic nitrogens is 2. The van der Waals surface area contributed by atoms with Crippen molar-refractivity contribution < 1.29 is 15.6 Å². The Morgan fingerprint density at radius 2 is 1.37 bits per heavy atom. The molecule has 0 aliphatic carbocycles. The predicted octanol–water partition coefficient (Wildman–Crippen LogP) is 3.36. The summed E-state index contributed by atoms with van der Waals surface area (Å²) in [5.41, 5.74) is 1.20. The summed E-state index contributed by atoms with van der Waals surface area (Å²) in [6.45, 7) is 0. The predicted molar refractivity (Wildman–Crippen MR) is 104 cm³/mol. The lowest BCUT2D eigenvalue weighted by Gasteiger charge is -2.00. The maximum absolute atomic E-state index is 11.0. The van der Waals surface area contributed by atoms with Crippen molar-refractivity contribution >= 4 is 21.8 Å². The van der Waals surface area contributed by atoms with E-state index >= 15 is 0 Å². The number of benzene rings is 2. The molecule has 0 atom stereocenters. The van der Waals surface area contributed by atoms with E-state index in [0.29, 0.717) is 5.52 Å². The summed E-state index contributed by atoms with van der Waals surface area (Å²) in [5, 5.41) is 11.0. The number of halogens is 1. The van der Waals surface area contributed by atoms with Gasteiger partial charge in [-0.25, -0.2) is 0 Å². The molecule has 0 bridgehead atoms. The maximum Gasteiger partial charge on any atom is 0.248 e. The van der Waals surface area contributed by atoms with Gasteiger partial charge in [0, 0.05) is 24.3 Å². The van der Waals surface area contributed by atoms with Gasteiger partial charge in [0.25, 0.3) is 0 Å². The molecule has 0 unspecified atom stereocenters. The van der Waals surface area contributed by atoms with Crippen LogP contribution in [0.3, 0.4) is 0 Å². The second kappa shape index (κ2) is 9.19. The Morgan fingerprint density at radius 3 is 1.93 bits per heavy atom. The molecule has 7 heteroatoms. The zero-order chi connectivity index (χ0) is 20.5. The van der Waals surface area contributed by atoms with Gasteiger partial charge in [-0.15, -0.1) is 0 Å². The van der Waals surface area contributed by atoms with Crippen molar-refractivity contribution in [2.24, 2.45) is 0 Å². The topological polar surface area (TPSA) is 95.2 Å². The molecule has 0 radical (unpaired) electrons. The van der Waals surface area contributed by atoms with E-state index in [9.17, 15) is 14.0 Å². The monoisotopic (exact) mass is 371 g/mol. The molecule has 4 aromatic rings. The summed E-state index contributed by atoms with van der Waals surface area (Å²) in [7, 11) is 0.599. The number of methoxy groups -OCH3 is 1. The average molecular weight is 371 g/mol. The molecule has 6 nitrogen and oxygen atoms in total. The van der Waals surface area contributed by atoms with Gasteiger partial charge in [0.15, 0.2) is 0 Å². The minimum atomic E-state index is -1.00. The van der Waals surface area contributed by atoms with Crippen LogP contribution in [0.5, 0.6) is 11.5 Å². The van der Waals surface area contributed by atoms with Gasteiger partial charge in [0.2, 0.25) is 11.1 Å². The van der Waals surface area contributed by atoms with Gasteiger partial charge < -0.3 is 19.8 Å². The molecule has 2 aromatic heterocycles. The van der Waals surface area contributed by atoms with Crippen LogP contribution in [0.25, 0.3) is 21.8 Å². The van der Waals surface area contributed by atoms with Crippen molar-refractivity contribution in [3.8, 4) is 11.5 Å². The van der Waals surface area contributed by atoms with Crippen molar-refractivity contribution in [2.75, 3.05) is 14.3 Å². The third-order valence-corrected chi connectivity index (χ3v) is 3.64. The summed E-state index contributed by atoms with van der Waals surface area (Å²) in [5.74, 6) is 0.902. The highest BCUT2D eigenvalue weighted by Crippen LogP contribution is 2.17. The Morgan fingerprint density at radius 1 is 0.889 bits per heavy atom. The SMILES string of the molecule is COc1ccc2ccc(=O)[nH]c2c1.O=c1ccc2ccc(O)cc2[nH]1.[2H]CF. The molecule has 0 saturated heterocycles. The number of phenolic OH excluding ortho intramolecular Hbond substituents is 1. The molecule has 0 spiro atoms. The smallest absolute Gasteiger partial charge is 0.248 e. The highest BCUT2D eigenvalue weighted by Gasteiger charge is 1.96. The van der Waals surface area contributed by atoms with Crippen molar-refractivity contribution in [1.29, 1.82) is 0 Å². The van der Waals surface area contributed by atoms with Gasteiger partial charge in [-0.2, -0.15) is 0 Å². The van der Waals surface area contributed by atoms with Gasteiger partial charge >= 0.3 is 0 Å². The van der Waals surface area contributed by atoms with Crippen LogP contribution in [0.1, 0.15) is 1.37 Å². The van der Waals surface area contributed by atoms with Crippen LogP contribution in [-0.4, -0.2) is 29.3 Å². The highest BCUT2D eigenvalue weighted by atomic mass is 19.1. The fourth-order valence-corrected chi connectivity index (χ4v) is 2.39. The lowest BCUT2D eigenvalue weighted by Crippen LogP contribution is -2.02. The van der Waals surface area contributed by atoms with Gasteiger partial charge in [0.1, 0.15) is 11.5 Å². The first-order valence-corrected chi connectivity index (χ1v) is 7.81. The number of hydrogen-bond acceptors (Lipinski definition) is 4. The van der Waals surface area contributed by atoms with Gasteiger partial charge in [-0.3, -0.25) is 14.0 Å². The van der Waals surface area contributed by atoms with Gasteiger partial charge in [-0.05, 0) is 47.2 Å². The van der Waals surface area contributed by atoms with Gasteiger partial charge in [0.05, 0.1) is 26.7 Å². The van der Waals surface area contributed by atoms with E-state index in [1.807, 2.05) is 12.1 Å². The minimum Gasteiger partial charge on any atom is -0.508 e. The molecule has 0 amide bonds. The Hall–Kier alpha value is -3.61. The van der Waals surface area contributed by atoms with Crippen LogP contribution in [0, 0.1) is 0 Å². The number of phenols is 1. The number of aromatic amines is 2. The number of nitrogens with one attached hydrogen (secondary N) is 2. The van der Waals surface area contributed by atoms with E-state index < -0.39 is 7.15 Å². The maximum atomic E-state index is 11.0. The molecule has 4 rings (SSSR count). The minimum absolute atomic E-state index is 0.0965. The lowest BCUT2D eigenvalue weighted by atomic mass is 10.2. The van der Waals surface area contributed by atoms with Crippen LogP contribution in [0.2, 0.25) is 0 Å². The van der Waals surface area contributed by atoms with Crippen LogP contribution in [0.15, 0.2) is 70.3 Å². The number of alkyl halides is 1. The Labute approximate surface area is 155 Å². The number of ether oxygens (including phenoxy) is 1. The first kappa shape index (κ1) is 18.2. The lowest BCUT2D eigenvalue weighted by molar-refractivity contribution is 0.415. The number of rotatable bonds is 1. The number of aromatic hydroxyl groups is 1. The number of hydrogen-bond donors (Lipinski definition) is 3. The van der Waals surface area contributed by atoms with Crippen LogP contribution < -0.4 is 15.9 Å². The van der Waals surface area contributed by atoms with E-state index in [1.165, 1.54) is 18.2 Å². The third kappa shape index (κ3) is 5.18. The van der Waals surface area contributed by atoms with Crippen LogP contribution >= 0.6 is 0 Å². The molecule has 0 saturated carbocycles. The molecular weight excluding hydrogens is 351 g/mol. The van der Waals surface area contributed by atoms with Crippen molar-refractivity contribution in [2.45, 2.75) is 0 Å².